The van der Waals surface area contributed by atoms with Gasteiger partial charge in [-0.25, -0.2) is 0 Å². The van der Waals surface area contributed by atoms with E-state index in [2.05, 4.69) is 47.2 Å². The molecular weight excluding hydrogens is 252 g/mol. The van der Waals surface area contributed by atoms with E-state index < -0.39 is 0 Å². The Morgan fingerprint density at radius 3 is 2.90 bits per heavy atom. The highest BCUT2D eigenvalue weighted by Crippen LogP contribution is 2.17. The molecule has 1 aliphatic rings. The zero-order valence-corrected chi connectivity index (χ0v) is 12.6. The van der Waals surface area contributed by atoms with Gasteiger partial charge in [-0.3, -0.25) is 0 Å². The summed E-state index contributed by atoms with van der Waals surface area (Å²) >= 11 is 0. The summed E-state index contributed by atoms with van der Waals surface area (Å²) in [5.74, 6) is 0. The Kier molecular flexibility index (Phi) is 6.30. The molecule has 0 bridgehead atoms. The lowest BCUT2D eigenvalue weighted by molar-refractivity contribution is 0.0151. The van der Waals surface area contributed by atoms with Crippen LogP contribution < -0.4 is 4.90 Å². The van der Waals surface area contributed by atoms with Crippen molar-refractivity contribution in [1.82, 2.24) is 4.90 Å². The molecule has 0 aliphatic carbocycles. The third-order valence-corrected chi connectivity index (χ3v) is 3.60. The molecular formula is C16H26N2O2. The third kappa shape index (κ3) is 4.78. The second kappa shape index (κ2) is 8.25. The first-order valence-corrected chi connectivity index (χ1v) is 7.47. The number of benzene rings is 1. The molecule has 0 N–H and O–H groups in total. The quantitative estimate of drug-likeness (QED) is 0.711. The number of anilines is 1. The van der Waals surface area contributed by atoms with Gasteiger partial charge in [0.2, 0.25) is 0 Å². The van der Waals surface area contributed by atoms with Crippen molar-refractivity contribution in [3.8, 4) is 0 Å². The summed E-state index contributed by atoms with van der Waals surface area (Å²) in [6.45, 7) is 8.26. The Morgan fingerprint density at radius 1 is 1.35 bits per heavy atom. The molecule has 2 rings (SSSR count). The smallest absolute Gasteiger partial charge is 0.0877 e. The van der Waals surface area contributed by atoms with Gasteiger partial charge in [0.05, 0.1) is 19.3 Å². The second-order valence-electron chi connectivity index (χ2n) is 5.23. The van der Waals surface area contributed by atoms with Crippen LogP contribution in [0.4, 0.5) is 5.69 Å². The number of hydrogen-bond acceptors (Lipinski definition) is 4. The lowest BCUT2D eigenvalue weighted by Crippen LogP contribution is -2.47. The number of nitrogens with zero attached hydrogens (tertiary/aromatic N) is 2. The molecule has 20 heavy (non-hydrogen) atoms. The number of para-hydroxylation sites is 1. The van der Waals surface area contributed by atoms with Crippen molar-refractivity contribution < 1.29 is 9.47 Å². The standard InChI is InChI=1S/C16H26N2O2/c1-3-19-11-9-17(2)13-16-14-18(10-12-20-16)15-7-5-4-6-8-15/h4-8,16H,3,9-14H2,1-2H3/t16-/m0/s1. The Balaban J connectivity index is 1.78. The van der Waals surface area contributed by atoms with E-state index in [0.717, 1.165) is 46.0 Å². The fourth-order valence-corrected chi connectivity index (χ4v) is 2.51. The first kappa shape index (κ1) is 15.3. The SMILES string of the molecule is CCOCCN(C)C[C@H]1CN(c2ccccc2)CCO1. The highest BCUT2D eigenvalue weighted by atomic mass is 16.5. The number of hydrogen-bond donors (Lipinski definition) is 0. The minimum Gasteiger partial charge on any atom is -0.380 e. The molecule has 0 radical (unpaired) electrons. The van der Waals surface area contributed by atoms with Crippen LogP contribution in [0.25, 0.3) is 0 Å². The van der Waals surface area contributed by atoms with Gasteiger partial charge in [0.1, 0.15) is 0 Å². The summed E-state index contributed by atoms with van der Waals surface area (Å²) < 4.78 is 11.3. The van der Waals surface area contributed by atoms with Crippen molar-refractivity contribution in [2.24, 2.45) is 0 Å². The van der Waals surface area contributed by atoms with Gasteiger partial charge in [0, 0.05) is 38.5 Å². The molecule has 4 heteroatoms. The van der Waals surface area contributed by atoms with Gasteiger partial charge in [-0.2, -0.15) is 0 Å². The summed E-state index contributed by atoms with van der Waals surface area (Å²) in [7, 11) is 2.13. The molecule has 1 heterocycles. The van der Waals surface area contributed by atoms with Crippen LogP contribution in [0.2, 0.25) is 0 Å². The number of morpholine rings is 1. The molecule has 1 aromatic rings. The fraction of sp³-hybridized carbons (Fsp3) is 0.625. The summed E-state index contributed by atoms with van der Waals surface area (Å²) in [6.07, 6.45) is 0.274. The van der Waals surface area contributed by atoms with E-state index in [9.17, 15) is 0 Å². The fourth-order valence-electron chi connectivity index (χ4n) is 2.51. The Bertz CT molecular complexity index is 372. The van der Waals surface area contributed by atoms with Crippen LogP contribution in [0.5, 0.6) is 0 Å². The normalized spacial score (nSPS) is 19.6. The van der Waals surface area contributed by atoms with Crippen LogP contribution in [0.15, 0.2) is 30.3 Å². The topological polar surface area (TPSA) is 24.9 Å². The van der Waals surface area contributed by atoms with Crippen LogP contribution >= 0.6 is 0 Å². The van der Waals surface area contributed by atoms with Crippen LogP contribution in [0, 0.1) is 0 Å². The summed E-state index contributed by atoms with van der Waals surface area (Å²) in [5, 5.41) is 0. The monoisotopic (exact) mass is 278 g/mol. The van der Waals surface area contributed by atoms with Gasteiger partial charge in [-0.1, -0.05) is 18.2 Å². The predicted molar refractivity (Wildman–Crippen MR) is 82.4 cm³/mol. The highest BCUT2D eigenvalue weighted by molar-refractivity contribution is 5.46. The Labute approximate surface area is 122 Å². The summed E-state index contributed by atoms with van der Waals surface area (Å²) in [6, 6.07) is 10.6. The molecule has 0 spiro atoms. The minimum absolute atomic E-state index is 0.274. The second-order valence-corrected chi connectivity index (χ2v) is 5.23. The van der Waals surface area contributed by atoms with Crippen LogP contribution in [-0.4, -0.2) is 64.1 Å². The average Bonchev–Trinajstić information content (AvgIpc) is 2.49. The van der Waals surface area contributed by atoms with Gasteiger partial charge in [-0.05, 0) is 26.1 Å². The van der Waals surface area contributed by atoms with Gasteiger partial charge in [0.15, 0.2) is 0 Å². The van der Waals surface area contributed by atoms with Crippen molar-refractivity contribution in [3.05, 3.63) is 30.3 Å². The molecule has 4 nitrogen and oxygen atoms in total. The Morgan fingerprint density at radius 2 is 2.15 bits per heavy atom. The van der Waals surface area contributed by atoms with Gasteiger partial charge >= 0.3 is 0 Å². The van der Waals surface area contributed by atoms with Crippen LogP contribution in [-0.2, 0) is 9.47 Å². The van der Waals surface area contributed by atoms with E-state index in [-0.39, 0.29) is 6.10 Å². The lowest BCUT2D eigenvalue weighted by Gasteiger charge is -2.36. The largest absolute Gasteiger partial charge is 0.380 e. The molecule has 1 atom stereocenters. The van der Waals surface area contributed by atoms with Crippen LogP contribution in [0.3, 0.4) is 0 Å². The zero-order chi connectivity index (χ0) is 14.2. The molecule has 0 aromatic heterocycles. The highest BCUT2D eigenvalue weighted by Gasteiger charge is 2.21. The first-order valence-electron chi connectivity index (χ1n) is 7.47. The predicted octanol–water partition coefficient (Wildman–Crippen LogP) is 1.86. The van der Waals surface area contributed by atoms with Gasteiger partial charge < -0.3 is 19.3 Å². The van der Waals surface area contributed by atoms with Crippen molar-refractivity contribution in [2.75, 3.05) is 57.9 Å². The number of rotatable bonds is 7. The molecule has 0 unspecified atom stereocenters. The van der Waals surface area contributed by atoms with E-state index in [0.29, 0.717) is 0 Å². The van der Waals surface area contributed by atoms with E-state index in [1.807, 2.05) is 6.92 Å². The molecule has 1 aliphatic heterocycles. The van der Waals surface area contributed by atoms with E-state index in [4.69, 9.17) is 9.47 Å². The maximum atomic E-state index is 5.88. The van der Waals surface area contributed by atoms with Gasteiger partial charge in [-0.15, -0.1) is 0 Å². The van der Waals surface area contributed by atoms with E-state index >= 15 is 0 Å². The summed E-state index contributed by atoms with van der Waals surface area (Å²) in [5.41, 5.74) is 1.29. The third-order valence-electron chi connectivity index (χ3n) is 3.60. The molecule has 1 saturated heterocycles. The van der Waals surface area contributed by atoms with Crippen LogP contribution in [0.1, 0.15) is 6.92 Å². The number of likely N-dealkylation sites (N-methyl/N-ethyl adjacent to an activating group) is 1. The van der Waals surface area contributed by atoms with E-state index in [1.54, 1.807) is 0 Å². The van der Waals surface area contributed by atoms with Crippen molar-refractivity contribution >= 4 is 5.69 Å². The average molecular weight is 278 g/mol. The van der Waals surface area contributed by atoms with E-state index in [1.165, 1.54) is 5.69 Å². The zero-order valence-electron chi connectivity index (χ0n) is 12.6. The molecule has 0 saturated carbocycles. The number of ether oxygens (including phenoxy) is 2. The van der Waals surface area contributed by atoms with Crippen molar-refractivity contribution in [3.63, 3.8) is 0 Å². The maximum Gasteiger partial charge on any atom is 0.0877 e. The molecule has 0 amide bonds. The molecule has 112 valence electrons. The minimum atomic E-state index is 0.274. The van der Waals surface area contributed by atoms with Crippen molar-refractivity contribution in [2.45, 2.75) is 13.0 Å². The lowest BCUT2D eigenvalue weighted by atomic mass is 10.2. The van der Waals surface area contributed by atoms with Gasteiger partial charge in [0.25, 0.3) is 0 Å². The van der Waals surface area contributed by atoms with Crippen molar-refractivity contribution in [1.29, 1.82) is 0 Å². The molecule has 1 fully saturated rings. The maximum absolute atomic E-state index is 5.88. The Hall–Kier alpha value is -1.10. The first-order chi connectivity index (χ1) is 9.79. The molecule has 1 aromatic carbocycles. The summed E-state index contributed by atoms with van der Waals surface area (Å²) in [4.78, 5) is 4.69.